The maximum Gasteiger partial charge on any atom is 0.416 e. The van der Waals surface area contributed by atoms with Gasteiger partial charge in [0.1, 0.15) is 5.82 Å². The summed E-state index contributed by atoms with van der Waals surface area (Å²) in [5.74, 6) is 0.587. The molecule has 0 aliphatic carbocycles. The van der Waals surface area contributed by atoms with Crippen molar-refractivity contribution in [3.8, 4) is 5.69 Å². The molecule has 0 spiro atoms. The first-order chi connectivity index (χ1) is 12.0. The molecule has 0 radical (unpaired) electrons. The van der Waals surface area contributed by atoms with Gasteiger partial charge in [-0.15, -0.1) is 0 Å². The van der Waals surface area contributed by atoms with E-state index < -0.39 is 11.7 Å². The van der Waals surface area contributed by atoms with Crippen LogP contribution in [0, 0.1) is 0 Å². The Morgan fingerprint density at radius 1 is 1.00 bits per heavy atom. The van der Waals surface area contributed by atoms with Crippen LogP contribution in [0.3, 0.4) is 0 Å². The van der Waals surface area contributed by atoms with Gasteiger partial charge in [-0.3, -0.25) is 0 Å². The summed E-state index contributed by atoms with van der Waals surface area (Å²) in [6, 6.07) is 11.2. The maximum atomic E-state index is 12.7. The number of para-hydroxylation sites is 1. The van der Waals surface area contributed by atoms with E-state index in [1.807, 2.05) is 30.3 Å². The van der Waals surface area contributed by atoms with Crippen LogP contribution in [0.25, 0.3) is 5.69 Å². The minimum absolute atomic E-state index is 0.152. The van der Waals surface area contributed by atoms with Crippen LogP contribution >= 0.6 is 0 Å². The van der Waals surface area contributed by atoms with Gasteiger partial charge in [0.15, 0.2) is 0 Å². The molecule has 10 heteroatoms. The van der Waals surface area contributed by atoms with E-state index in [1.165, 1.54) is 4.68 Å². The Labute approximate surface area is 140 Å². The molecule has 0 unspecified atom stereocenters. The predicted molar refractivity (Wildman–Crippen MR) is 85.4 cm³/mol. The Morgan fingerprint density at radius 2 is 1.76 bits per heavy atom. The molecule has 0 aliphatic heterocycles. The van der Waals surface area contributed by atoms with Crippen LogP contribution in [-0.2, 0) is 6.18 Å². The molecular weight excluding hydrogens is 335 g/mol. The van der Waals surface area contributed by atoms with Gasteiger partial charge in [-0.2, -0.15) is 17.9 Å². The summed E-state index contributed by atoms with van der Waals surface area (Å²) in [5, 5.41) is 17.2. The molecule has 25 heavy (non-hydrogen) atoms. The number of nitrogens with zero attached hydrogens (tertiary/aromatic N) is 5. The molecule has 3 aromatic rings. The average molecular weight is 349 g/mol. The highest BCUT2D eigenvalue weighted by molar-refractivity contribution is 5.40. The van der Waals surface area contributed by atoms with Crippen molar-refractivity contribution in [2.45, 2.75) is 6.18 Å². The number of rotatable bonds is 6. The van der Waals surface area contributed by atoms with Gasteiger partial charge in [0.05, 0.1) is 11.3 Å². The second kappa shape index (κ2) is 7.16. The molecule has 0 saturated heterocycles. The lowest BCUT2D eigenvalue weighted by atomic mass is 10.2. The third-order valence-corrected chi connectivity index (χ3v) is 3.27. The zero-order chi connectivity index (χ0) is 17.7. The number of pyridine rings is 1. The fourth-order valence-electron chi connectivity index (χ4n) is 2.11. The Morgan fingerprint density at radius 3 is 2.52 bits per heavy atom. The van der Waals surface area contributed by atoms with E-state index in [-0.39, 0.29) is 5.82 Å². The van der Waals surface area contributed by atoms with Crippen molar-refractivity contribution in [1.29, 1.82) is 0 Å². The lowest BCUT2D eigenvalue weighted by molar-refractivity contribution is -0.137. The topological polar surface area (TPSA) is 80.6 Å². The summed E-state index contributed by atoms with van der Waals surface area (Å²) < 4.78 is 39.5. The molecule has 130 valence electrons. The molecule has 2 heterocycles. The number of benzene rings is 1. The molecule has 0 bridgehead atoms. The molecule has 0 saturated carbocycles. The van der Waals surface area contributed by atoms with Gasteiger partial charge in [-0.05, 0) is 34.7 Å². The van der Waals surface area contributed by atoms with E-state index in [0.29, 0.717) is 19.0 Å². The number of hydrogen-bond acceptors (Lipinski definition) is 6. The van der Waals surface area contributed by atoms with Crippen LogP contribution in [-0.4, -0.2) is 38.3 Å². The van der Waals surface area contributed by atoms with Crippen molar-refractivity contribution in [2.24, 2.45) is 0 Å². The van der Waals surface area contributed by atoms with Crippen LogP contribution in [0.1, 0.15) is 5.56 Å². The van der Waals surface area contributed by atoms with Gasteiger partial charge < -0.3 is 10.6 Å². The van der Waals surface area contributed by atoms with Gasteiger partial charge in [-0.25, -0.2) is 4.98 Å². The van der Waals surface area contributed by atoms with E-state index in [4.69, 9.17) is 0 Å². The average Bonchev–Trinajstić information content (AvgIpc) is 3.07. The highest BCUT2D eigenvalue weighted by Crippen LogP contribution is 2.29. The SMILES string of the molecule is FC(F)(F)c1ccnc(NCCNc2nnnn2-c2ccccc2)c1. The lowest BCUT2D eigenvalue weighted by Gasteiger charge is -2.10. The summed E-state index contributed by atoms with van der Waals surface area (Å²) in [6.45, 7) is 0.737. The number of tetrazole rings is 1. The molecule has 0 atom stereocenters. The molecular formula is C15H14F3N7. The zero-order valence-electron chi connectivity index (χ0n) is 12.9. The quantitative estimate of drug-likeness (QED) is 0.666. The fourth-order valence-corrected chi connectivity index (χ4v) is 2.11. The molecule has 2 aromatic heterocycles. The molecule has 7 nitrogen and oxygen atoms in total. The van der Waals surface area contributed by atoms with Gasteiger partial charge in [0.25, 0.3) is 0 Å². The van der Waals surface area contributed by atoms with Crippen molar-refractivity contribution in [3.63, 3.8) is 0 Å². The molecule has 0 aliphatic rings. The van der Waals surface area contributed by atoms with Crippen LogP contribution in [0.4, 0.5) is 24.9 Å². The number of nitrogens with one attached hydrogen (secondary N) is 2. The Hall–Kier alpha value is -3.17. The van der Waals surface area contributed by atoms with Gasteiger partial charge in [0, 0.05) is 19.3 Å². The van der Waals surface area contributed by atoms with Crippen molar-refractivity contribution in [3.05, 3.63) is 54.2 Å². The van der Waals surface area contributed by atoms with Crippen molar-refractivity contribution in [2.75, 3.05) is 23.7 Å². The zero-order valence-corrected chi connectivity index (χ0v) is 12.9. The molecule has 0 amide bonds. The van der Waals surface area contributed by atoms with Gasteiger partial charge in [-0.1, -0.05) is 23.3 Å². The summed E-state index contributed by atoms with van der Waals surface area (Å²) in [6.07, 6.45) is -3.27. The number of alkyl halides is 3. The molecule has 2 N–H and O–H groups in total. The van der Waals surface area contributed by atoms with Crippen molar-refractivity contribution < 1.29 is 13.2 Å². The predicted octanol–water partition coefficient (Wildman–Crippen LogP) is 2.60. The standard InChI is InChI=1S/C15H14F3N7/c16-15(17,18)11-6-7-19-13(10-11)20-8-9-21-14-22-23-24-25(14)12-4-2-1-3-5-12/h1-7,10H,8-9H2,(H,19,20)(H,21,22,24). The number of hydrogen-bond donors (Lipinski definition) is 2. The summed E-state index contributed by atoms with van der Waals surface area (Å²) >= 11 is 0. The van der Waals surface area contributed by atoms with E-state index in [9.17, 15) is 13.2 Å². The number of aromatic nitrogens is 5. The minimum Gasteiger partial charge on any atom is -0.368 e. The van der Waals surface area contributed by atoms with E-state index in [1.54, 1.807) is 0 Å². The second-order valence-corrected chi connectivity index (χ2v) is 5.03. The van der Waals surface area contributed by atoms with Crippen LogP contribution < -0.4 is 10.6 Å². The molecule has 1 aromatic carbocycles. The Bertz CT molecular complexity index is 817. The first-order valence-electron chi connectivity index (χ1n) is 7.39. The lowest BCUT2D eigenvalue weighted by Crippen LogP contribution is -2.17. The number of halogens is 3. The third kappa shape index (κ3) is 4.22. The number of anilines is 2. The Kier molecular flexibility index (Phi) is 4.78. The second-order valence-electron chi connectivity index (χ2n) is 5.03. The normalized spacial score (nSPS) is 11.3. The van der Waals surface area contributed by atoms with Crippen molar-refractivity contribution in [1.82, 2.24) is 25.2 Å². The van der Waals surface area contributed by atoms with Gasteiger partial charge >= 0.3 is 6.18 Å². The van der Waals surface area contributed by atoms with Crippen molar-refractivity contribution >= 4 is 11.8 Å². The van der Waals surface area contributed by atoms with Crippen LogP contribution in [0.5, 0.6) is 0 Å². The monoisotopic (exact) mass is 349 g/mol. The first-order valence-corrected chi connectivity index (χ1v) is 7.39. The summed E-state index contributed by atoms with van der Waals surface area (Å²) in [5.41, 5.74) is 0.0495. The smallest absolute Gasteiger partial charge is 0.368 e. The van der Waals surface area contributed by atoms with E-state index >= 15 is 0 Å². The van der Waals surface area contributed by atoms with Crippen LogP contribution in [0.15, 0.2) is 48.7 Å². The highest BCUT2D eigenvalue weighted by atomic mass is 19.4. The fraction of sp³-hybridized carbons (Fsp3) is 0.200. The highest BCUT2D eigenvalue weighted by Gasteiger charge is 2.30. The van der Waals surface area contributed by atoms with E-state index in [0.717, 1.165) is 24.0 Å². The minimum atomic E-state index is -4.39. The maximum absolute atomic E-state index is 12.7. The first kappa shape index (κ1) is 16.7. The van der Waals surface area contributed by atoms with Crippen LogP contribution in [0.2, 0.25) is 0 Å². The van der Waals surface area contributed by atoms with Gasteiger partial charge in [0.2, 0.25) is 5.95 Å². The summed E-state index contributed by atoms with van der Waals surface area (Å²) in [7, 11) is 0. The largest absolute Gasteiger partial charge is 0.416 e. The molecule has 3 rings (SSSR count). The Balaban J connectivity index is 1.56. The summed E-state index contributed by atoms with van der Waals surface area (Å²) in [4.78, 5) is 3.87. The third-order valence-electron chi connectivity index (χ3n) is 3.27. The molecule has 0 fully saturated rings. The van der Waals surface area contributed by atoms with E-state index in [2.05, 4.69) is 31.1 Å².